The van der Waals surface area contributed by atoms with Crippen LogP contribution in [-0.2, 0) is 6.54 Å². The maximum atomic E-state index is 13.9. The fraction of sp³-hybridized carbons (Fsp3) is 0.476. The molecule has 1 amide bonds. The summed E-state index contributed by atoms with van der Waals surface area (Å²) in [7, 11) is 0. The third kappa shape index (κ3) is 3.90. The lowest BCUT2D eigenvalue weighted by molar-refractivity contribution is 0.0741. The molecule has 0 aliphatic carbocycles. The molecule has 4 nitrogen and oxygen atoms in total. The highest BCUT2D eigenvalue weighted by Gasteiger charge is 2.34. The molecule has 2 fully saturated rings. The van der Waals surface area contributed by atoms with E-state index < -0.39 is 11.6 Å². The van der Waals surface area contributed by atoms with Gasteiger partial charge in [0.15, 0.2) is 17.4 Å². The average Bonchev–Trinajstić information content (AvgIpc) is 3.38. The van der Waals surface area contributed by atoms with Gasteiger partial charge in [-0.2, -0.15) is 0 Å². The minimum Gasteiger partial charge on any atom is -0.459 e. The molecule has 2 aromatic rings. The molecule has 1 aromatic heterocycles. The van der Waals surface area contributed by atoms with Crippen molar-refractivity contribution in [3.63, 3.8) is 0 Å². The molecule has 1 atom stereocenters. The predicted molar refractivity (Wildman–Crippen MR) is 97.1 cm³/mol. The van der Waals surface area contributed by atoms with Crippen molar-refractivity contribution in [3.8, 4) is 0 Å². The molecule has 27 heavy (non-hydrogen) atoms. The molecule has 2 aliphatic heterocycles. The normalized spacial score (nSPS) is 21.7. The molecule has 1 aromatic carbocycles. The summed E-state index contributed by atoms with van der Waals surface area (Å²) in [6.07, 6.45) is 4.61. The van der Waals surface area contributed by atoms with Gasteiger partial charge in [0.05, 0.1) is 6.26 Å². The lowest BCUT2D eigenvalue weighted by Gasteiger charge is -2.34. The lowest BCUT2D eigenvalue weighted by atomic mass is 9.83. The quantitative estimate of drug-likeness (QED) is 0.814. The maximum absolute atomic E-state index is 13.9. The number of hydrogen-bond donors (Lipinski definition) is 0. The van der Waals surface area contributed by atoms with Crippen molar-refractivity contribution >= 4 is 5.91 Å². The second kappa shape index (κ2) is 7.80. The van der Waals surface area contributed by atoms with Gasteiger partial charge in [0.25, 0.3) is 5.91 Å². The van der Waals surface area contributed by atoms with Gasteiger partial charge < -0.3 is 9.32 Å². The number of carbonyl (C=O) groups is 1. The highest BCUT2D eigenvalue weighted by Crippen LogP contribution is 2.33. The fourth-order valence-corrected chi connectivity index (χ4v) is 4.41. The van der Waals surface area contributed by atoms with Crippen LogP contribution in [0.4, 0.5) is 8.78 Å². The van der Waals surface area contributed by atoms with Gasteiger partial charge in [0.1, 0.15) is 0 Å². The van der Waals surface area contributed by atoms with Crippen molar-refractivity contribution in [2.75, 3.05) is 26.2 Å². The van der Waals surface area contributed by atoms with Gasteiger partial charge in [-0.25, -0.2) is 8.78 Å². The lowest BCUT2D eigenvalue weighted by Crippen LogP contribution is -2.37. The first-order valence-corrected chi connectivity index (χ1v) is 9.60. The SMILES string of the molecule is O=C(c1ccco1)N1CCC(C2CCN(Cc3cccc(F)c3F)CC2)C1. The van der Waals surface area contributed by atoms with Crippen LogP contribution in [0, 0.1) is 23.5 Å². The molecule has 1 unspecified atom stereocenters. The molecule has 2 aliphatic rings. The smallest absolute Gasteiger partial charge is 0.289 e. The van der Waals surface area contributed by atoms with E-state index in [4.69, 9.17) is 4.42 Å². The highest BCUT2D eigenvalue weighted by molar-refractivity contribution is 5.91. The van der Waals surface area contributed by atoms with Crippen LogP contribution in [0.5, 0.6) is 0 Å². The van der Waals surface area contributed by atoms with E-state index in [1.807, 2.05) is 4.90 Å². The summed E-state index contributed by atoms with van der Waals surface area (Å²) in [4.78, 5) is 16.5. The van der Waals surface area contributed by atoms with Gasteiger partial charge in [-0.15, -0.1) is 0 Å². The Morgan fingerprint density at radius 1 is 1.04 bits per heavy atom. The van der Waals surface area contributed by atoms with Crippen LogP contribution in [0.15, 0.2) is 41.0 Å². The third-order valence-corrected chi connectivity index (χ3v) is 5.97. The Kier molecular flexibility index (Phi) is 5.25. The van der Waals surface area contributed by atoms with E-state index >= 15 is 0 Å². The molecule has 0 N–H and O–H groups in total. The van der Waals surface area contributed by atoms with Gasteiger partial charge in [0.2, 0.25) is 0 Å². The number of hydrogen-bond acceptors (Lipinski definition) is 3. The van der Waals surface area contributed by atoms with Crippen LogP contribution in [0.1, 0.15) is 35.4 Å². The third-order valence-electron chi connectivity index (χ3n) is 5.97. The van der Waals surface area contributed by atoms with Gasteiger partial charge in [-0.1, -0.05) is 12.1 Å². The van der Waals surface area contributed by atoms with E-state index in [0.717, 1.165) is 51.5 Å². The van der Waals surface area contributed by atoms with Crippen LogP contribution in [-0.4, -0.2) is 41.9 Å². The average molecular weight is 374 g/mol. The summed E-state index contributed by atoms with van der Waals surface area (Å²) in [5.74, 6) is -0.0498. The van der Waals surface area contributed by atoms with Crippen molar-refractivity contribution in [2.24, 2.45) is 11.8 Å². The molecule has 0 spiro atoms. The summed E-state index contributed by atoms with van der Waals surface area (Å²) in [6.45, 7) is 3.76. The number of benzene rings is 1. The number of amides is 1. The molecule has 0 saturated carbocycles. The zero-order chi connectivity index (χ0) is 18.8. The standard InChI is InChI=1S/C21H24F2N2O2/c22-18-4-1-3-17(20(18)23)13-24-9-6-15(7-10-24)16-8-11-25(14-16)21(26)19-5-2-12-27-19/h1-5,12,15-16H,6-11,13-14H2. The predicted octanol–water partition coefficient (Wildman–Crippen LogP) is 3.93. The molecule has 3 heterocycles. The van der Waals surface area contributed by atoms with E-state index in [0.29, 0.717) is 29.7 Å². The molecule has 4 rings (SSSR count). The largest absolute Gasteiger partial charge is 0.459 e. The Morgan fingerprint density at radius 3 is 2.56 bits per heavy atom. The van der Waals surface area contributed by atoms with E-state index in [1.165, 1.54) is 6.26 Å². The zero-order valence-corrected chi connectivity index (χ0v) is 15.2. The molecule has 6 heteroatoms. The minimum absolute atomic E-state index is 0.0264. The Morgan fingerprint density at radius 2 is 1.81 bits per heavy atom. The van der Waals surface area contributed by atoms with E-state index in [1.54, 1.807) is 24.3 Å². The number of furan rings is 1. The summed E-state index contributed by atoms with van der Waals surface area (Å²) >= 11 is 0. The highest BCUT2D eigenvalue weighted by atomic mass is 19.2. The monoisotopic (exact) mass is 374 g/mol. The van der Waals surface area contributed by atoms with Crippen LogP contribution in [0.3, 0.4) is 0 Å². The van der Waals surface area contributed by atoms with Crippen molar-refractivity contribution < 1.29 is 18.0 Å². The van der Waals surface area contributed by atoms with E-state index in [-0.39, 0.29) is 5.91 Å². The van der Waals surface area contributed by atoms with Crippen molar-refractivity contribution in [3.05, 3.63) is 59.6 Å². The Hall–Kier alpha value is -2.21. The second-order valence-electron chi connectivity index (χ2n) is 7.60. The molecule has 0 radical (unpaired) electrons. The van der Waals surface area contributed by atoms with Crippen LogP contribution in [0.2, 0.25) is 0 Å². The maximum Gasteiger partial charge on any atom is 0.289 e. The van der Waals surface area contributed by atoms with Gasteiger partial charge in [-0.3, -0.25) is 9.69 Å². The molecular formula is C21H24F2N2O2. The summed E-state index contributed by atoms with van der Waals surface area (Å²) in [6, 6.07) is 7.81. The zero-order valence-electron chi connectivity index (χ0n) is 15.2. The van der Waals surface area contributed by atoms with Crippen LogP contribution < -0.4 is 0 Å². The number of rotatable bonds is 4. The first-order valence-electron chi connectivity index (χ1n) is 9.60. The fourth-order valence-electron chi connectivity index (χ4n) is 4.41. The first kappa shape index (κ1) is 18.2. The Labute approximate surface area is 157 Å². The molecule has 2 saturated heterocycles. The molecule has 0 bridgehead atoms. The number of nitrogens with zero attached hydrogens (tertiary/aromatic N) is 2. The summed E-state index contributed by atoms with van der Waals surface area (Å²) in [5, 5.41) is 0. The minimum atomic E-state index is -0.783. The molecule has 144 valence electrons. The van der Waals surface area contributed by atoms with Crippen molar-refractivity contribution in [2.45, 2.75) is 25.8 Å². The molecular weight excluding hydrogens is 350 g/mol. The number of likely N-dealkylation sites (tertiary alicyclic amines) is 2. The van der Waals surface area contributed by atoms with Crippen LogP contribution >= 0.6 is 0 Å². The topological polar surface area (TPSA) is 36.7 Å². The van der Waals surface area contributed by atoms with E-state index in [9.17, 15) is 13.6 Å². The van der Waals surface area contributed by atoms with E-state index in [2.05, 4.69) is 4.90 Å². The second-order valence-corrected chi connectivity index (χ2v) is 7.60. The van der Waals surface area contributed by atoms with Gasteiger partial charge >= 0.3 is 0 Å². The first-order chi connectivity index (χ1) is 13.1. The number of carbonyl (C=O) groups excluding carboxylic acids is 1. The summed E-state index contributed by atoms with van der Waals surface area (Å²) < 4.78 is 32.5. The number of piperidine rings is 1. The van der Waals surface area contributed by atoms with Gasteiger partial charge in [-0.05, 0) is 62.4 Å². The van der Waals surface area contributed by atoms with Crippen LogP contribution in [0.25, 0.3) is 0 Å². The van der Waals surface area contributed by atoms with Gasteiger partial charge in [0, 0.05) is 25.2 Å². The summed E-state index contributed by atoms with van der Waals surface area (Å²) in [5.41, 5.74) is 0.421. The van der Waals surface area contributed by atoms with Crippen molar-refractivity contribution in [1.82, 2.24) is 9.80 Å². The Bertz CT molecular complexity index is 785. The Balaban J connectivity index is 1.28. The van der Waals surface area contributed by atoms with Crippen molar-refractivity contribution in [1.29, 1.82) is 0 Å². The number of halogens is 2.